The summed E-state index contributed by atoms with van der Waals surface area (Å²) in [5.41, 5.74) is 8.67. The van der Waals surface area contributed by atoms with E-state index in [-0.39, 0.29) is 5.69 Å². The fourth-order valence-electron chi connectivity index (χ4n) is 2.60. The summed E-state index contributed by atoms with van der Waals surface area (Å²) in [6, 6.07) is 14.2. The van der Waals surface area contributed by atoms with Crippen molar-refractivity contribution in [2.24, 2.45) is 5.11 Å². The second-order valence-corrected chi connectivity index (χ2v) is 5.67. The first-order valence-electron chi connectivity index (χ1n) is 7.68. The number of azide groups is 1. The Bertz CT molecular complexity index is 1070. The van der Waals surface area contributed by atoms with E-state index >= 15 is 0 Å². The van der Waals surface area contributed by atoms with Gasteiger partial charge < -0.3 is 0 Å². The third-order valence-corrected chi connectivity index (χ3v) is 3.85. The summed E-state index contributed by atoms with van der Waals surface area (Å²) in [6.45, 7) is 1.85. The van der Waals surface area contributed by atoms with Gasteiger partial charge in [0.25, 0.3) is 0 Å². The average Bonchev–Trinajstić information content (AvgIpc) is 3.03. The maximum Gasteiger partial charge on any atom is 0.436 e. The number of alkyl halides is 3. The molecule has 0 bridgehead atoms. The van der Waals surface area contributed by atoms with Crippen molar-refractivity contribution < 1.29 is 13.2 Å². The normalized spacial score (nSPS) is 10.9. The molecule has 0 aliphatic heterocycles. The van der Waals surface area contributed by atoms with Crippen molar-refractivity contribution in [1.29, 1.82) is 5.26 Å². The van der Waals surface area contributed by atoms with Crippen molar-refractivity contribution in [3.05, 3.63) is 75.8 Å². The van der Waals surface area contributed by atoms with Crippen LogP contribution in [0.2, 0.25) is 0 Å². The monoisotopic (exact) mass is 368 g/mol. The highest BCUT2D eigenvalue weighted by atomic mass is 19.4. The molecule has 3 rings (SSSR count). The molecule has 0 N–H and O–H groups in total. The van der Waals surface area contributed by atoms with Crippen LogP contribution in [0.3, 0.4) is 0 Å². The summed E-state index contributed by atoms with van der Waals surface area (Å²) in [6.07, 6.45) is -4.78. The molecule has 0 saturated carbocycles. The Morgan fingerprint density at radius 1 is 1.11 bits per heavy atom. The standard InChI is InChI=1S/C18H11F3N6/c1-11-2-4-12(5-3-11)16-15(10-22)17(18(19,20)21)25-27(16)14-8-6-13(7-9-14)24-26-23/h2-9H,1H3. The molecule has 2 aromatic carbocycles. The van der Waals surface area contributed by atoms with E-state index in [1.807, 2.05) is 6.92 Å². The number of nitrogens with zero attached hydrogens (tertiary/aromatic N) is 6. The van der Waals surface area contributed by atoms with Crippen LogP contribution in [0.1, 0.15) is 16.8 Å². The zero-order valence-electron chi connectivity index (χ0n) is 13.9. The highest BCUT2D eigenvalue weighted by molar-refractivity contribution is 5.71. The van der Waals surface area contributed by atoms with Crippen LogP contribution < -0.4 is 0 Å². The van der Waals surface area contributed by atoms with Crippen LogP contribution in [0, 0.1) is 18.3 Å². The molecule has 3 aromatic rings. The number of hydrogen-bond donors (Lipinski definition) is 0. The fraction of sp³-hybridized carbons (Fsp3) is 0.111. The number of benzene rings is 2. The van der Waals surface area contributed by atoms with E-state index in [1.54, 1.807) is 30.3 Å². The molecule has 0 amide bonds. The molecule has 1 heterocycles. The largest absolute Gasteiger partial charge is 0.436 e. The van der Waals surface area contributed by atoms with Crippen LogP contribution in [0.15, 0.2) is 53.6 Å². The minimum Gasteiger partial charge on any atom is -0.231 e. The molecule has 0 aliphatic rings. The van der Waals surface area contributed by atoms with Gasteiger partial charge in [-0.25, -0.2) is 4.68 Å². The first kappa shape index (κ1) is 18.0. The number of aryl methyl sites for hydroxylation is 1. The number of nitriles is 1. The van der Waals surface area contributed by atoms with Crippen molar-refractivity contribution in [3.63, 3.8) is 0 Å². The summed E-state index contributed by atoms with van der Waals surface area (Å²) < 4.78 is 41.3. The fourth-order valence-corrected chi connectivity index (χ4v) is 2.60. The quantitative estimate of drug-likeness (QED) is 0.338. The lowest BCUT2D eigenvalue weighted by Crippen LogP contribution is -2.08. The molecule has 27 heavy (non-hydrogen) atoms. The van der Waals surface area contributed by atoms with E-state index in [2.05, 4.69) is 15.1 Å². The Balaban J connectivity index is 2.29. The molecule has 6 nitrogen and oxygen atoms in total. The maximum absolute atomic E-state index is 13.4. The minimum atomic E-state index is -4.78. The highest BCUT2D eigenvalue weighted by Gasteiger charge is 2.40. The Morgan fingerprint density at radius 2 is 1.74 bits per heavy atom. The second kappa shape index (κ2) is 6.86. The summed E-state index contributed by atoms with van der Waals surface area (Å²) >= 11 is 0. The van der Waals surface area contributed by atoms with Crippen LogP contribution in [0.5, 0.6) is 0 Å². The Morgan fingerprint density at radius 3 is 2.26 bits per heavy atom. The van der Waals surface area contributed by atoms with Crippen molar-refractivity contribution in [1.82, 2.24) is 9.78 Å². The lowest BCUT2D eigenvalue weighted by Gasteiger charge is -2.09. The molecule has 0 radical (unpaired) electrons. The van der Waals surface area contributed by atoms with Crippen molar-refractivity contribution in [3.8, 4) is 23.0 Å². The van der Waals surface area contributed by atoms with Crippen LogP contribution in [0.25, 0.3) is 27.4 Å². The molecule has 0 fully saturated rings. The minimum absolute atomic E-state index is 0.0429. The van der Waals surface area contributed by atoms with Crippen LogP contribution >= 0.6 is 0 Å². The van der Waals surface area contributed by atoms with Gasteiger partial charge in [-0.2, -0.15) is 23.5 Å². The summed E-state index contributed by atoms with van der Waals surface area (Å²) in [4.78, 5) is 2.66. The van der Waals surface area contributed by atoms with E-state index in [0.29, 0.717) is 16.9 Å². The van der Waals surface area contributed by atoms with Gasteiger partial charge in [0.05, 0.1) is 11.4 Å². The molecule has 0 saturated heterocycles. The van der Waals surface area contributed by atoms with Crippen molar-refractivity contribution >= 4 is 5.69 Å². The van der Waals surface area contributed by atoms with Gasteiger partial charge in [0.2, 0.25) is 0 Å². The van der Waals surface area contributed by atoms with E-state index < -0.39 is 17.4 Å². The highest BCUT2D eigenvalue weighted by Crippen LogP contribution is 2.37. The van der Waals surface area contributed by atoms with Gasteiger partial charge in [-0.3, -0.25) is 0 Å². The third kappa shape index (κ3) is 3.47. The first-order valence-corrected chi connectivity index (χ1v) is 7.68. The van der Waals surface area contributed by atoms with E-state index in [1.165, 1.54) is 24.3 Å². The molecular formula is C18H11F3N6. The molecule has 0 atom stereocenters. The smallest absolute Gasteiger partial charge is 0.231 e. The Labute approximate surface area is 151 Å². The predicted octanol–water partition coefficient (Wildman–Crippen LogP) is 5.68. The number of hydrogen-bond acceptors (Lipinski definition) is 3. The molecule has 1 aromatic heterocycles. The van der Waals surface area contributed by atoms with E-state index in [4.69, 9.17) is 5.53 Å². The summed E-state index contributed by atoms with van der Waals surface area (Å²) in [7, 11) is 0. The van der Waals surface area contributed by atoms with Gasteiger partial charge in [-0.05, 0) is 24.6 Å². The lowest BCUT2D eigenvalue weighted by atomic mass is 10.0. The number of halogens is 3. The first-order chi connectivity index (χ1) is 12.8. The van der Waals surface area contributed by atoms with Gasteiger partial charge >= 0.3 is 6.18 Å². The predicted molar refractivity (Wildman–Crippen MR) is 92.3 cm³/mol. The Kier molecular flexibility index (Phi) is 4.59. The lowest BCUT2D eigenvalue weighted by molar-refractivity contribution is -0.141. The van der Waals surface area contributed by atoms with Gasteiger partial charge in [0, 0.05) is 16.2 Å². The Hall–Kier alpha value is -3.76. The summed E-state index contributed by atoms with van der Waals surface area (Å²) in [5.74, 6) is 0. The number of aromatic nitrogens is 2. The zero-order chi connectivity index (χ0) is 19.6. The number of rotatable bonds is 3. The van der Waals surface area contributed by atoms with Crippen molar-refractivity contribution in [2.45, 2.75) is 13.1 Å². The van der Waals surface area contributed by atoms with Crippen LogP contribution in [-0.2, 0) is 6.18 Å². The summed E-state index contributed by atoms with van der Waals surface area (Å²) in [5, 5.41) is 16.5. The topological polar surface area (TPSA) is 90.4 Å². The molecule has 9 heteroatoms. The zero-order valence-corrected chi connectivity index (χ0v) is 13.9. The molecule has 0 unspecified atom stereocenters. The molecule has 0 aliphatic carbocycles. The van der Waals surface area contributed by atoms with E-state index in [9.17, 15) is 18.4 Å². The van der Waals surface area contributed by atoms with E-state index in [0.717, 1.165) is 10.2 Å². The average molecular weight is 368 g/mol. The third-order valence-electron chi connectivity index (χ3n) is 3.85. The SMILES string of the molecule is Cc1ccc(-c2c(C#N)c(C(F)(F)F)nn2-c2ccc(N=[N+]=[N-])cc2)cc1. The van der Waals surface area contributed by atoms with Crippen LogP contribution in [-0.4, -0.2) is 9.78 Å². The molecular weight excluding hydrogens is 357 g/mol. The van der Waals surface area contributed by atoms with Gasteiger partial charge in [0.15, 0.2) is 5.69 Å². The molecule has 0 spiro atoms. The molecule has 134 valence electrons. The maximum atomic E-state index is 13.4. The van der Waals surface area contributed by atoms with Crippen LogP contribution in [0.4, 0.5) is 18.9 Å². The van der Waals surface area contributed by atoms with Gasteiger partial charge in [-0.15, -0.1) is 0 Å². The second-order valence-electron chi connectivity index (χ2n) is 5.67. The van der Waals surface area contributed by atoms with Gasteiger partial charge in [0.1, 0.15) is 11.6 Å². The van der Waals surface area contributed by atoms with Gasteiger partial charge in [-0.1, -0.05) is 47.1 Å². The van der Waals surface area contributed by atoms with Crippen molar-refractivity contribution in [2.75, 3.05) is 0 Å².